The first-order valence-corrected chi connectivity index (χ1v) is 5.72. The van der Waals surface area contributed by atoms with Crippen LogP contribution < -0.4 is 5.73 Å². The summed E-state index contributed by atoms with van der Waals surface area (Å²) in [6.45, 7) is 4.15. The van der Waals surface area contributed by atoms with Crippen LogP contribution in [0, 0.1) is 10.5 Å². The van der Waals surface area contributed by atoms with Gasteiger partial charge in [0, 0.05) is 15.7 Å². The maximum absolute atomic E-state index is 8.94. The van der Waals surface area contributed by atoms with E-state index < -0.39 is 5.54 Å². The fourth-order valence-electron chi connectivity index (χ4n) is 1.59. The minimum atomic E-state index is -0.431. The third kappa shape index (κ3) is 2.46. The predicted octanol–water partition coefficient (Wildman–Crippen LogP) is 2.16. The Morgan fingerprint density at radius 1 is 1.50 bits per heavy atom. The van der Waals surface area contributed by atoms with Crippen LogP contribution in [0.5, 0.6) is 0 Å². The summed E-state index contributed by atoms with van der Waals surface area (Å²) in [7, 11) is 0. The first-order chi connectivity index (χ1) is 6.49. The van der Waals surface area contributed by atoms with E-state index in [4.69, 9.17) is 10.8 Å². The van der Waals surface area contributed by atoms with Crippen molar-refractivity contribution in [2.75, 3.05) is 6.61 Å². The Morgan fingerprint density at radius 2 is 2.14 bits per heavy atom. The van der Waals surface area contributed by atoms with Gasteiger partial charge in [-0.15, -0.1) is 0 Å². The molecule has 0 bridgehead atoms. The van der Waals surface area contributed by atoms with Gasteiger partial charge in [-0.25, -0.2) is 0 Å². The van der Waals surface area contributed by atoms with Gasteiger partial charge in [0.1, 0.15) is 0 Å². The highest BCUT2D eigenvalue weighted by atomic mass is 127. The van der Waals surface area contributed by atoms with Crippen molar-refractivity contribution >= 4 is 22.6 Å². The van der Waals surface area contributed by atoms with Crippen LogP contribution in [-0.2, 0) is 5.54 Å². The molecular formula is C11H16INO. The molecule has 0 saturated carbocycles. The van der Waals surface area contributed by atoms with E-state index in [0.29, 0.717) is 6.42 Å². The van der Waals surface area contributed by atoms with Crippen molar-refractivity contribution in [3.63, 3.8) is 0 Å². The molecule has 1 aromatic carbocycles. The normalized spacial score (nSPS) is 15.2. The van der Waals surface area contributed by atoms with Gasteiger partial charge in [-0.2, -0.15) is 0 Å². The van der Waals surface area contributed by atoms with Crippen LogP contribution >= 0.6 is 22.6 Å². The second-order valence-corrected chi connectivity index (χ2v) is 4.97. The first-order valence-electron chi connectivity index (χ1n) is 4.64. The van der Waals surface area contributed by atoms with Crippen molar-refractivity contribution in [3.05, 3.63) is 32.9 Å². The molecule has 1 aromatic rings. The van der Waals surface area contributed by atoms with Crippen LogP contribution in [0.3, 0.4) is 0 Å². The summed E-state index contributed by atoms with van der Waals surface area (Å²) in [5.74, 6) is 0. The van der Waals surface area contributed by atoms with Crippen LogP contribution in [0.1, 0.15) is 24.5 Å². The lowest BCUT2D eigenvalue weighted by atomic mass is 9.87. The van der Waals surface area contributed by atoms with E-state index in [-0.39, 0.29) is 6.61 Å². The quantitative estimate of drug-likeness (QED) is 0.841. The van der Waals surface area contributed by atoms with Gasteiger partial charge in [-0.1, -0.05) is 12.1 Å². The third-order valence-corrected chi connectivity index (χ3v) is 3.68. The molecule has 1 rings (SSSR count). The molecule has 78 valence electrons. The lowest BCUT2D eigenvalue weighted by Gasteiger charge is -2.26. The third-order valence-electron chi connectivity index (χ3n) is 2.51. The highest BCUT2D eigenvalue weighted by Gasteiger charge is 2.22. The number of aliphatic hydroxyl groups excluding tert-OH is 1. The van der Waals surface area contributed by atoms with Gasteiger partial charge in [-0.3, -0.25) is 0 Å². The maximum atomic E-state index is 8.94. The molecule has 2 nitrogen and oxygen atoms in total. The number of aliphatic hydroxyl groups is 1. The lowest BCUT2D eigenvalue weighted by molar-refractivity contribution is 0.247. The first kappa shape index (κ1) is 11.9. The molecule has 0 saturated heterocycles. The number of hydrogen-bond acceptors (Lipinski definition) is 2. The Labute approximate surface area is 98.7 Å². The Kier molecular flexibility index (Phi) is 3.92. The van der Waals surface area contributed by atoms with E-state index >= 15 is 0 Å². The van der Waals surface area contributed by atoms with Crippen molar-refractivity contribution in [1.29, 1.82) is 0 Å². The zero-order chi connectivity index (χ0) is 10.8. The van der Waals surface area contributed by atoms with E-state index in [1.807, 2.05) is 19.1 Å². The van der Waals surface area contributed by atoms with Gasteiger partial charge in [0.05, 0.1) is 0 Å². The molecule has 0 fully saturated rings. The molecular weight excluding hydrogens is 289 g/mol. The molecule has 0 aromatic heterocycles. The number of hydrogen-bond donors (Lipinski definition) is 2. The fourth-order valence-corrected chi connectivity index (χ4v) is 2.09. The summed E-state index contributed by atoms with van der Waals surface area (Å²) in [5.41, 5.74) is 8.06. The summed E-state index contributed by atoms with van der Waals surface area (Å²) in [5, 5.41) is 8.94. The van der Waals surface area contributed by atoms with Crippen LogP contribution in [0.25, 0.3) is 0 Å². The zero-order valence-corrected chi connectivity index (χ0v) is 10.7. The van der Waals surface area contributed by atoms with Gasteiger partial charge in [-0.05, 0) is 60.1 Å². The van der Waals surface area contributed by atoms with Gasteiger partial charge < -0.3 is 10.8 Å². The summed E-state index contributed by atoms with van der Waals surface area (Å²) in [4.78, 5) is 0. The standard InChI is InChI=1S/C11H16INO/c1-8-9(4-3-5-10(8)12)11(2,13)6-7-14/h3-5,14H,6-7,13H2,1-2H3/t11-/m1/s1. The number of benzene rings is 1. The molecule has 0 aliphatic heterocycles. The number of rotatable bonds is 3. The van der Waals surface area contributed by atoms with E-state index in [2.05, 4.69) is 35.6 Å². The SMILES string of the molecule is Cc1c(I)cccc1[C@](C)(N)CCO. The minimum Gasteiger partial charge on any atom is -0.396 e. The average molecular weight is 305 g/mol. The monoisotopic (exact) mass is 305 g/mol. The highest BCUT2D eigenvalue weighted by Crippen LogP contribution is 2.27. The highest BCUT2D eigenvalue weighted by molar-refractivity contribution is 14.1. The van der Waals surface area contributed by atoms with Crippen molar-refractivity contribution in [1.82, 2.24) is 0 Å². The molecule has 0 heterocycles. The molecule has 3 heteroatoms. The molecule has 0 aliphatic rings. The van der Waals surface area contributed by atoms with Gasteiger partial charge in [0.15, 0.2) is 0 Å². The van der Waals surface area contributed by atoms with Crippen molar-refractivity contribution in [2.24, 2.45) is 5.73 Å². The van der Waals surface area contributed by atoms with Crippen LogP contribution in [0.4, 0.5) is 0 Å². The molecule has 1 atom stereocenters. The topological polar surface area (TPSA) is 46.2 Å². The lowest BCUT2D eigenvalue weighted by Crippen LogP contribution is -2.35. The molecule has 3 N–H and O–H groups in total. The summed E-state index contributed by atoms with van der Waals surface area (Å²) in [6.07, 6.45) is 0.591. The Morgan fingerprint density at radius 3 is 2.71 bits per heavy atom. The van der Waals surface area contributed by atoms with Crippen LogP contribution in [-0.4, -0.2) is 11.7 Å². The molecule has 14 heavy (non-hydrogen) atoms. The second kappa shape index (κ2) is 4.59. The van der Waals surface area contributed by atoms with E-state index in [9.17, 15) is 0 Å². The number of halogens is 1. The predicted molar refractivity (Wildman–Crippen MR) is 67.1 cm³/mol. The molecule has 0 radical (unpaired) electrons. The van der Waals surface area contributed by atoms with Gasteiger partial charge in [0.25, 0.3) is 0 Å². The summed E-state index contributed by atoms with van der Waals surface area (Å²) in [6, 6.07) is 6.11. The fraction of sp³-hybridized carbons (Fsp3) is 0.455. The van der Waals surface area contributed by atoms with E-state index in [0.717, 1.165) is 5.56 Å². The van der Waals surface area contributed by atoms with Crippen molar-refractivity contribution in [2.45, 2.75) is 25.8 Å². The Balaban J connectivity index is 3.12. The van der Waals surface area contributed by atoms with Gasteiger partial charge >= 0.3 is 0 Å². The summed E-state index contributed by atoms with van der Waals surface area (Å²) < 4.78 is 1.22. The average Bonchev–Trinajstić information content (AvgIpc) is 2.09. The molecule has 0 aliphatic carbocycles. The Bertz CT molecular complexity index is 323. The van der Waals surface area contributed by atoms with Crippen molar-refractivity contribution < 1.29 is 5.11 Å². The molecule has 0 amide bonds. The van der Waals surface area contributed by atoms with Gasteiger partial charge in [0.2, 0.25) is 0 Å². The van der Waals surface area contributed by atoms with E-state index in [1.165, 1.54) is 9.13 Å². The minimum absolute atomic E-state index is 0.123. The smallest absolute Gasteiger partial charge is 0.0451 e. The van der Waals surface area contributed by atoms with Crippen LogP contribution in [0.2, 0.25) is 0 Å². The Hall–Kier alpha value is -0.130. The zero-order valence-electron chi connectivity index (χ0n) is 8.55. The largest absolute Gasteiger partial charge is 0.396 e. The summed E-state index contributed by atoms with van der Waals surface area (Å²) >= 11 is 2.30. The van der Waals surface area contributed by atoms with Crippen molar-refractivity contribution in [3.8, 4) is 0 Å². The van der Waals surface area contributed by atoms with Crippen LogP contribution in [0.15, 0.2) is 18.2 Å². The maximum Gasteiger partial charge on any atom is 0.0451 e. The number of nitrogens with two attached hydrogens (primary N) is 1. The molecule has 0 spiro atoms. The molecule has 0 unspecified atom stereocenters. The second-order valence-electron chi connectivity index (χ2n) is 3.80. The van der Waals surface area contributed by atoms with E-state index in [1.54, 1.807) is 0 Å².